The van der Waals surface area contributed by atoms with Gasteiger partial charge in [-0.15, -0.1) is 0 Å². The summed E-state index contributed by atoms with van der Waals surface area (Å²) in [6.45, 7) is 4.61. The molecule has 112 valence electrons. The Bertz CT molecular complexity index is 568. The van der Waals surface area contributed by atoms with Crippen LogP contribution in [0.15, 0.2) is 23.1 Å². The maximum atomic E-state index is 11.8. The number of nitrogens with two attached hydrogens (primary N) is 1. The molecule has 7 heteroatoms. The van der Waals surface area contributed by atoms with Crippen molar-refractivity contribution >= 4 is 16.0 Å². The molecule has 0 bridgehead atoms. The summed E-state index contributed by atoms with van der Waals surface area (Å²) in [5, 5.41) is 5.14. The predicted octanol–water partition coefficient (Wildman–Crippen LogP) is 1.09. The van der Waals surface area contributed by atoms with Crippen LogP contribution in [-0.2, 0) is 25.9 Å². The molecule has 20 heavy (non-hydrogen) atoms. The van der Waals surface area contributed by atoms with Gasteiger partial charge in [0.25, 0.3) is 0 Å². The third-order valence-electron chi connectivity index (χ3n) is 2.66. The standard InChI is InChI=1S/C13H19NO5S/c1-3-10-5-6-11(9-12(10)20(14,16)17)13(15)19-8-7-18-4-2/h5-6,9H,3-4,7-8H2,1-2H3,(H2,14,16,17). The van der Waals surface area contributed by atoms with Gasteiger partial charge in [-0.25, -0.2) is 18.4 Å². The van der Waals surface area contributed by atoms with E-state index >= 15 is 0 Å². The first-order valence-corrected chi connectivity index (χ1v) is 7.85. The molecule has 0 unspecified atom stereocenters. The fourth-order valence-corrected chi connectivity index (χ4v) is 2.53. The summed E-state index contributed by atoms with van der Waals surface area (Å²) in [7, 11) is -3.86. The van der Waals surface area contributed by atoms with Crippen molar-refractivity contribution in [2.24, 2.45) is 5.14 Å². The van der Waals surface area contributed by atoms with Gasteiger partial charge in [0, 0.05) is 6.61 Å². The number of hydrogen-bond acceptors (Lipinski definition) is 5. The maximum absolute atomic E-state index is 11.8. The number of primary sulfonamides is 1. The van der Waals surface area contributed by atoms with Gasteiger partial charge in [-0.2, -0.15) is 0 Å². The van der Waals surface area contributed by atoms with Gasteiger partial charge < -0.3 is 9.47 Å². The van der Waals surface area contributed by atoms with Crippen LogP contribution in [-0.4, -0.2) is 34.2 Å². The highest BCUT2D eigenvalue weighted by Crippen LogP contribution is 2.17. The van der Waals surface area contributed by atoms with Crippen LogP contribution in [0.5, 0.6) is 0 Å². The fourth-order valence-electron chi connectivity index (χ4n) is 1.66. The second kappa shape index (κ2) is 7.37. The monoisotopic (exact) mass is 301 g/mol. The Morgan fingerprint density at radius 1 is 1.25 bits per heavy atom. The summed E-state index contributed by atoms with van der Waals surface area (Å²) < 4.78 is 33.0. The Kier molecular flexibility index (Phi) is 6.12. The van der Waals surface area contributed by atoms with E-state index in [4.69, 9.17) is 14.6 Å². The smallest absolute Gasteiger partial charge is 0.338 e. The van der Waals surface area contributed by atoms with Crippen LogP contribution >= 0.6 is 0 Å². The van der Waals surface area contributed by atoms with Crippen LogP contribution in [0.25, 0.3) is 0 Å². The highest BCUT2D eigenvalue weighted by atomic mass is 32.2. The molecular formula is C13H19NO5S. The number of aryl methyl sites for hydroxylation is 1. The Labute approximate surface area is 118 Å². The van der Waals surface area contributed by atoms with E-state index in [9.17, 15) is 13.2 Å². The minimum absolute atomic E-state index is 0.0424. The molecule has 0 amide bonds. The number of carbonyl (C=O) groups excluding carboxylic acids is 1. The van der Waals surface area contributed by atoms with Crippen LogP contribution in [0, 0.1) is 0 Å². The number of carbonyl (C=O) groups is 1. The number of hydrogen-bond donors (Lipinski definition) is 1. The topological polar surface area (TPSA) is 95.7 Å². The van der Waals surface area contributed by atoms with Crippen molar-refractivity contribution in [1.29, 1.82) is 0 Å². The third-order valence-corrected chi connectivity index (χ3v) is 3.65. The first kappa shape index (κ1) is 16.6. The quantitative estimate of drug-likeness (QED) is 0.601. The van der Waals surface area contributed by atoms with Crippen LogP contribution < -0.4 is 5.14 Å². The molecule has 0 aliphatic carbocycles. The molecule has 0 fully saturated rings. The molecule has 1 aromatic carbocycles. The number of esters is 1. The summed E-state index contributed by atoms with van der Waals surface area (Å²) >= 11 is 0. The largest absolute Gasteiger partial charge is 0.460 e. The van der Waals surface area contributed by atoms with Crippen molar-refractivity contribution in [2.45, 2.75) is 25.2 Å². The summed E-state index contributed by atoms with van der Waals surface area (Å²) in [4.78, 5) is 11.7. The SMILES string of the molecule is CCOCCOC(=O)c1ccc(CC)c(S(N)(=O)=O)c1. The molecule has 0 atom stereocenters. The highest BCUT2D eigenvalue weighted by molar-refractivity contribution is 7.89. The van der Waals surface area contributed by atoms with Gasteiger partial charge in [0.1, 0.15) is 6.61 Å². The van der Waals surface area contributed by atoms with E-state index in [1.807, 2.05) is 13.8 Å². The van der Waals surface area contributed by atoms with E-state index in [0.717, 1.165) is 0 Å². The normalized spacial score (nSPS) is 11.3. The van der Waals surface area contributed by atoms with Gasteiger partial charge in [-0.3, -0.25) is 0 Å². The van der Waals surface area contributed by atoms with E-state index < -0.39 is 16.0 Å². The van der Waals surface area contributed by atoms with E-state index in [0.29, 0.717) is 25.2 Å². The number of benzene rings is 1. The first-order chi connectivity index (χ1) is 9.40. The van der Waals surface area contributed by atoms with Crippen LogP contribution in [0.1, 0.15) is 29.8 Å². The summed E-state index contributed by atoms with van der Waals surface area (Å²) in [5.41, 5.74) is 0.723. The van der Waals surface area contributed by atoms with Crippen molar-refractivity contribution in [3.05, 3.63) is 29.3 Å². The van der Waals surface area contributed by atoms with Gasteiger partial charge >= 0.3 is 5.97 Å². The second-order valence-corrected chi connectivity index (χ2v) is 5.58. The molecule has 1 rings (SSSR count). The summed E-state index contributed by atoms with van der Waals surface area (Å²) in [6.07, 6.45) is 0.505. The molecule has 0 spiro atoms. The lowest BCUT2D eigenvalue weighted by Crippen LogP contribution is -2.16. The van der Waals surface area contributed by atoms with Crippen LogP contribution in [0.3, 0.4) is 0 Å². The Hall–Kier alpha value is -1.44. The lowest BCUT2D eigenvalue weighted by Gasteiger charge is -2.09. The van der Waals surface area contributed by atoms with Crippen molar-refractivity contribution in [1.82, 2.24) is 0 Å². The number of ether oxygens (including phenoxy) is 2. The molecule has 0 aliphatic heterocycles. The third kappa shape index (κ3) is 4.59. The lowest BCUT2D eigenvalue weighted by molar-refractivity contribution is 0.0335. The number of rotatable bonds is 7. The van der Waals surface area contributed by atoms with E-state index in [2.05, 4.69) is 0 Å². The molecule has 0 aliphatic rings. The van der Waals surface area contributed by atoms with Crippen LogP contribution in [0.4, 0.5) is 0 Å². The van der Waals surface area contributed by atoms with Gasteiger partial charge in [0.15, 0.2) is 0 Å². The fraction of sp³-hybridized carbons (Fsp3) is 0.462. The molecule has 0 radical (unpaired) electrons. The molecule has 2 N–H and O–H groups in total. The second-order valence-electron chi connectivity index (χ2n) is 4.05. The van der Waals surface area contributed by atoms with Gasteiger partial charge in [-0.05, 0) is 31.0 Å². The molecule has 0 aromatic heterocycles. The molecule has 1 aromatic rings. The molecule has 0 heterocycles. The Morgan fingerprint density at radius 3 is 2.50 bits per heavy atom. The van der Waals surface area contributed by atoms with Crippen molar-refractivity contribution in [3.8, 4) is 0 Å². The zero-order valence-electron chi connectivity index (χ0n) is 11.6. The van der Waals surface area contributed by atoms with Crippen LogP contribution in [0.2, 0.25) is 0 Å². The Morgan fingerprint density at radius 2 is 1.95 bits per heavy atom. The van der Waals surface area contributed by atoms with Crippen molar-refractivity contribution in [3.63, 3.8) is 0 Å². The molecule has 0 saturated carbocycles. The summed E-state index contributed by atoms with van der Waals surface area (Å²) in [5.74, 6) is -0.600. The molecular weight excluding hydrogens is 282 g/mol. The lowest BCUT2D eigenvalue weighted by atomic mass is 10.1. The average molecular weight is 301 g/mol. The zero-order chi connectivity index (χ0) is 15.2. The minimum atomic E-state index is -3.86. The van der Waals surface area contributed by atoms with E-state index in [-0.39, 0.29) is 17.1 Å². The predicted molar refractivity (Wildman–Crippen MR) is 74.0 cm³/mol. The Balaban J connectivity index is 2.89. The van der Waals surface area contributed by atoms with Gasteiger partial charge in [0.05, 0.1) is 17.1 Å². The van der Waals surface area contributed by atoms with E-state index in [1.165, 1.54) is 12.1 Å². The van der Waals surface area contributed by atoms with Crippen molar-refractivity contribution in [2.75, 3.05) is 19.8 Å². The van der Waals surface area contributed by atoms with Gasteiger partial charge in [-0.1, -0.05) is 13.0 Å². The molecule has 0 saturated heterocycles. The van der Waals surface area contributed by atoms with E-state index in [1.54, 1.807) is 6.07 Å². The summed E-state index contributed by atoms with van der Waals surface area (Å²) in [6, 6.07) is 4.34. The highest BCUT2D eigenvalue weighted by Gasteiger charge is 2.17. The van der Waals surface area contributed by atoms with Gasteiger partial charge in [0.2, 0.25) is 10.0 Å². The first-order valence-electron chi connectivity index (χ1n) is 6.30. The maximum Gasteiger partial charge on any atom is 0.338 e. The number of sulfonamides is 1. The molecule has 6 nitrogen and oxygen atoms in total. The zero-order valence-corrected chi connectivity index (χ0v) is 12.4. The van der Waals surface area contributed by atoms with Crippen molar-refractivity contribution < 1.29 is 22.7 Å². The minimum Gasteiger partial charge on any atom is -0.460 e. The average Bonchev–Trinajstić information content (AvgIpc) is 2.41.